The summed E-state index contributed by atoms with van der Waals surface area (Å²) < 4.78 is 0. The van der Waals surface area contributed by atoms with Crippen molar-refractivity contribution in [2.75, 3.05) is 0 Å². The van der Waals surface area contributed by atoms with Gasteiger partial charge in [0.05, 0.1) is 0 Å². The molecular weight excluding hydrogens is 216 g/mol. The molecule has 0 spiro atoms. The quantitative estimate of drug-likeness (QED) is 0.670. The second kappa shape index (κ2) is 4.61. The summed E-state index contributed by atoms with van der Waals surface area (Å²) in [5, 5.41) is 2.85. The van der Waals surface area contributed by atoms with Gasteiger partial charge in [0, 0.05) is 5.92 Å². The van der Waals surface area contributed by atoms with Crippen LogP contribution in [0.15, 0.2) is 42.5 Å². The summed E-state index contributed by atoms with van der Waals surface area (Å²) in [6.07, 6.45) is 7.24. The molecule has 0 radical (unpaired) electrons. The monoisotopic (exact) mass is 236 g/mol. The summed E-state index contributed by atoms with van der Waals surface area (Å²) in [6, 6.07) is 13.4. The Morgan fingerprint density at radius 2 is 1.72 bits per heavy atom. The van der Waals surface area contributed by atoms with Crippen molar-refractivity contribution in [2.24, 2.45) is 5.92 Å². The van der Waals surface area contributed by atoms with Gasteiger partial charge in [0.15, 0.2) is 0 Å². The van der Waals surface area contributed by atoms with Gasteiger partial charge in [-0.1, -0.05) is 75.2 Å². The van der Waals surface area contributed by atoms with Crippen LogP contribution in [0.5, 0.6) is 0 Å². The Morgan fingerprint density at radius 1 is 1.00 bits per heavy atom. The van der Waals surface area contributed by atoms with Crippen LogP contribution in [-0.2, 0) is 0 Å². The van der Waals surface area contributed by atoms with Crippen molar-refractivity contribution in [1.29, 1.82) is 0 Å². The molecule has 1 aliphatic carbocycles. The van der Waals surface area contributed by atoms with Gasteiger partial charge in [-0.2, -0.15) is 0 Å². The fourth-order valence-electron chi connectivity index (χ4n) is 3.34. The first kappa shape index (κ1) is 11.5. The zero-order valence-corrected chi connectivity index (χ0v) is 11.2. The van der Waals surface area contributed by atoms with Gasteiger partial charge < -0.3 is 0 Å². The third kappa shape index (κ3) is 1.68. The standard InChI is InChI=1S/C18H20/c1-3-13(4-2)16-12-11-15-8-5-7-14-9-6-10-17(16)18(14)15/h5-13,16H,3-4H2,1-2H3. The molecule has 0 heterocycles. The van der Waals surface area contributed by atoms with Gasteiger partial charge in [-0.05, 0) is 27.8 Å². The Hall–Kier alpha value is -1.56. The molecule has 0 heteroatoms. The van der Waals surface area contributed by atoms with E-state index in [9.17, 15) is 0 Å². The minimum absolute atomic E-state index is 0.596. The summed E-state index contributed by atoms with van der Waals surface area (Å²) in [5.74, 6) is 1.36. The SMILES string of the molecule is CCC(CC)C1C=Cc2cccc3cccc1c23. The fourth-order valence-corrected chi connectivity index (χ4v) is 3.34. The highest BCUT2D eigenvalue weighted by Crippen LogP contribution is 2.40. The van der Waals surface area contributed by atoms with E-state index in [0.29, 0.717) is 5.92 Å². The van der Waals surface area contributed by atoms with Crippen LogP contribution in [0.25, 0.3) is 16.8 Å². The van der Waals surface area contributed by atoms with E-state index in [2.05, 4.69) is 62.4 Å². The highest BCUT2D eigenvalue weighted by Gasteiger charge is 2.22. The molecule has 1 unspecified atom stereocenters. The third-order valence-corrected chi connectivity index (χ3v) is 4.37. The van der Waals surface area contributed by atoms with Crippen LogP contribution in [0.1, 0.15) is 43.7 Å². The predicted octanol–water partition coefficient (Wildman–Crippen LogP) is 5.39. The molecule has 3 rings (SSSR count). The number of hydrogen-bond donors (Lipinski definition) is 0. The molecule has 0 N–H and O–H groups in total. The maximum Gasteiger partial charge on any atom is 0.00557 e. The Labute approximate surface area is 109 Å². The lowest BCUT2D eigenvalue weighted by Crippen LogP contribution is -2.12. The van der Waals surface area contributed by atoms with E-state index in [-0.39, 0.29) is 0 Å². The highest BCUT2D eigenvalue weighted by molar-refractivity contribution is 5.95. The second-order valence-electron chi connectivity index (χ2n) is 5.25. The Morgan fingerprint density at radius 3 is 2.44 bits per heavy atom. The lowest BCUT2D eigenvalue weighted by molar-refractivity contribution is 0.448. The largest absolute Gasteiger partial charge is 0.0761 e. The zero-order chi connectivity index (χ0) is 12.5. The van der Waals surface area contributed by atoms with Crippen LogP contribution in [0.2, 0.25) is 0 Å². The minimum atomic E-state index is 0.596. The molecule has 0 bridgehead atoms. The van der Waals surface area contributed by atoms with Gasteiger partial charge in [-0.3, -0.25) is 0 Å². The van der Waals surface area contributed by atoms with Gasteiger partial charge in [0.1, 0.15) is 0 Å². The smallest absolute Gasteiger partial charge is 0.00557 e. The molecule has 2 aromatic carbocycles. The highest BCUT2D eigenvalue weighted by atomic mass is 14.3. The number of benzene rings is 2. The Bertz CT molecular complexity index is 583. The van der Waals surface area contributed by atoms with E-state index >= 15 is 0 Å². The van der Waals surface area contributed by atoms with Crippen LogP contribution in [0, 0.1) is 5.92 Å². The minimum Gasteiger partial charge on any atom is -0.0761 e. The molecule has 2 aromatic rings. The lowest BCUT2D eigenvalue weighted by Gasteiger charge is -2.27. The van der Waals surface area contributed by atoms with E-state index in [0.717, 1.165) is 5.92 Å². The number of rotatable bonds is 3. The second-order valence-corrected chi connectivity index (χ2v) is 5.25. The average Bonchev–Trinajstić information content (AvgIpc) is 2.43. The van der Waals surface area contributed by atoms with E-state index in [4.69, 9.17) is 0 Å². The molecular formula is C18H20. The molecule has 0 fully saturated rings. The van der Waals surface area contributed by atoms with Gasteiger partial charge in [-0.25, -0.2) is 0 Å². The van der Waals surface area contributed by atoms with Crippen molar-refractivity contribution in [1.82, 2.24) is 0 Å². The van der Waals surface area contributed by atoms with Crippen LogP contribution in [0.3, 0.4) is 0 Å². The lowest BCUT2D eigenvalue weighted by atomic mass is 9.77. The first-order chi connectivity index (χ1) is 8.85. The first-order valence-corrected chi connectivity index (χ1v) is 7.05. The van der Waals surface area contributed by atoms with Crippen LogP contribution in [0.4, 0.5) is 0 Å². The summed E-state index contributed by atoms with van der Waals surface area (Å²) in [4.78, 5) is 0. The van der Waals surface area contributed by atoms with Crippen molar-refractivity contribution in [3.05, 3.63) is 53.6 Å². The van der Waals surface area contributed by atoms with Crippen LogP contribution < -0.4 is 0 Å². The average molecular weight is 236 g/mol. The maximum atomic E-state index is 2.41. The molecule has 0 aliphatic heterocycles. The fraction of sp³-hybridized carbons (Fsp3) is 0.333. The van der Waals surface area contributed by atoms with Crippen molar-refractivity contribution in [2.45, 2.75) is 32.6 Å². The number of allylic oxidation sites excluding steroid dienone is 1. The molecule has 0 nitrogen and oxygen atoms in total. The summed E-state index contributed by atoms with van der Waals surface area (Å²) >= 11 is 0. The van der Waals surface area contributed by atoms with Crippen molar-refractivity contribution < 1.29 is 0 Å². The molecule has 1 aliphatic rings. The predicted molar refractivity (Wildman–Crippen MR) is 79.8 cm³/mol. The first-order valence-electron chi connectivity index (χ1n) is 7.05. The molecule has 1 atom stereocenters. The molecule has 18 heavy (non-hydrogen) atoms. The maximum absolute atomic E-state index is 2.41. The van der Waals surface area contributed by atoms with Crippen molar-refractivity contribution in [3.63, 3.8) is 0 Å². The van der Waals surface area contributed by atoms with E-state index in [1.807, 2.05) is 0 Å². The van der Waals surface area contributed by atoms with Crippen molar-refractivity contribution in [3.8, 4) is 0 Å². The van der Waals surface area contributed by atoms with Crippen molar-refractivity contribution >= 4 is 16.8 Å². The summed E-state index contributed by atoms with van der Waals surface area (Å²) in [5.41, 5.74) is 2.91. The van der Waals surface area contributed by atoms with Gasteiger partial charge in [0.2, 0.25) is 0 Å². The Kier molecular flexibility index (Phi) is 2.95. The van der Waals surface area contributed by atoms with E-state index < -0.39 is 0 Å². The van der Waals surface area contributed by atoms with E-state index in [1.54, 1.807) is 0 Å². The topological polar surface area (TPSA) is 0 Å². The molecule has 92 valence electrons. The molecule has 0 saturated heterocycles. The normalized spacial score (nSPS) is 17.6. The van der Waals surface area contributed by atoms with Crippen LogP contribution in [-0.4, -0.2) is 0 Å². The Balaban J connectivity index is 2.21. The van der Waals surface area contributed by atoms with E-state index in [1.165, 1.54) is 34.7 Å². The third-order valence-electron chi connectivity index (χ3n) is 4.37. The molecule has 0 amide bonds. The summed E-state index contributed by atoms with van der Waals surface area (Å²) in [6.45, 7) is 4.62. The molecule has 0 aromatic heterocycles. The van der Waals surface area contributed by atoms with Gasteiger partial charge >= 0.3 is 0 Å². The number of hydrogen-bond acceptors (Lipinski definition) is 0. The zero-order valence-electron chi connectivity index (χ0n) is 11.2. The van der Waals surface area contributed by atoms with Gasteiger partial charge in [0.25, 0.3) is 0 Å². The summed E-state index contributed by atoms with van der Waals surface area (Å²) in [7, 11) is 0. The van der Waals surface area contributed by atoms with Crippen LogP contribution >= 0.6 is 0 Å². The van der Waals surface area contributed by atoms with Gasteiger partial charge in [-0.15, -0.1) is 0 Å². The molecule has 0 saturated carbocycles.